The Hall–Kier alpha value is -2.50. The molecule has 6 heteroatoms. The molecular weight excluding hydrogens is 314 g/mol. The molecule has 0 spiro atoms. The molecule has 6 nitrogen and oxygen atoms in total. The van der Waals surface area contributed by atoms with Crippen LogP contribution in [0.2, 0.25) is 0 Å². The van der Waals surface area contributed by atoms with Crippen molar-refractivity contribution in [1.82, 2.24) is 15.5 Å². The van der Waals surface area contributed by atoms with Crippen LogP contribution in [0.15, 0.2) is 24.3 Å². The van der Waals surface area contributed by atoms with E-state index in [9.17, 15) is 4.79 Å². The zero-order valence-electron chi connectivity index (χ0n) is 15.2. The molecule has 0 atom stereocenters. The number of aromatic nitrogens is 2. The van der Waals surface area contributed by atoms with Crippen LogP contribution in [0.3, 0.4) is 0 Å². The van der Waals surface area contributed by atoms with E-state index in [1.807, 2.05) is 20.8 Å². The quantitative estimate of drug-likeness (QED) is 0.789. The maximum Gasteiger partial charge on any atom is 0.319 e. The number of benzene rings is 1. The number of amides is 2. The van der Waals surface area contributed by atoms with Gasteiger partial charge in [0.1, 0.15) is 5.69 Å². The summed E-state index contributed by atoms with van der Waals surface area (Å²) in [5.41, 5.74) is 4.58. The van der Waals surface area contributed by atoms with E-state index in [0.29, 0.717) is 0 Å². The van der Waals surface area contributed by atoms with E-state index in [2.05, 4.69) is 50.0 Å². The van der Waals surface area contributed by atoms with E-state index in [-0.39, 0.29) is 12.1 Å². The summed E-state index contributed by atoms with van der Waals surface area (Å²) in [6, 6.07) is 8.30. The van der Waals surface area contributed by atoms with Crippen LogP contribution in [0.1, 0.15) is 38.8 Å². The number of hydrogen-bond donors (Lipinski definition) is 3. The van der Waals surface area contributed by atoms with Crippen molar-refractivity contribution in [3.63, 3.8) is 0 Å². The zero-order valence-corrected chi connectivity index (χ0v) is 15.2. The monoisotopic (exact) mass is 341 g/mol. The second-order valence-electron chi connectivity index (χ2n) is 6.92. The number of hydrogen-bond acceptors (Lipinski definition) is 3. The number of nitrogens with one attached hydrogen (secondary N) is 3. The van der Waals surface area contributed by atoms with Crippen molar-refractivity contribution < 1.29 is 4.79 Å². The van der Waals surface area contributed by atoms with E-state index in [0.717, 1.165) is 35.7 Å². The van der Waals surface area contributed by atoms with E-state index in [1.54, 1.807) is 0 Å². The number of nitrogens with zero attached hydrogens (tertiary/aromatic N) is 2. The van der Waals surface area contributed by atoms with E-state index in [1.165, 1.54) is 24.9 Å². The highest BCUT2D eigenvalue weighted by Crippen LogP contribution is 2.30. The molecule has 1 aromatic carbocycles. The molecule has 25 heavy (non-hydrogen) atoms. The van der Waals surface area contributed by atoms with Gasteiger partial charge in [-0.3, -0.25) is 5.10 Å². The van der Waals surface area contributed by atoms with Gasteiger partial charge < -0.3 is 15.5 Å². The Kier molecular flexibility index (Phi) is 5.26. The van der Waals surface area contributed by atoms with Gasteiger partial charge in [0.25, 0.3) is 0 Å². The number of aryl methyl sites for hydroxylation is 1. The average molecular weight is 341 g/mol. The Bertz CT molecular complexity index is 714. The zero-order chi connectivity index (χ0) is 17.8. The van der Waals surface area contributed by atoms with Crippen LogP contribution in [-0.4, -0.2) is 35.4 Å². The van der Waals surface area contributed by atoms with Gasteiger partial charge >= 0.3 is 6.03 Å². The molecule has 3 rings (SSSR count). The molecule has 1 aromatic heterocycles. The maximum absolute atomic E-state index is 12.0. The molecule has 0 unspecified atom stereocenters. The first-order valence-corrected chi connectivity index (χ1v) is 9.02. The number of anilines is 2. The van der Waals surface area contributed by atoms with Crippen molar-refractivity contribution in [2.75, 3.05) is 23.3 Å². The summed E-state index contributed by atoms with van der Waals surface area (Å²) in [6.07, 6.45) is 3.85. The van der Waals surface area contributed by atoms with E-state index >= 15 is 0 Å². The Morgan fingerprint density at radius 1 is 1.16 bits per heavy atom. The van der Waals surface area contributed by atoms with Crippen LogP contribution in [-0.2, 0) is 0 Å². The van der Waals surface area contributed by atoms with Gasteiger partial charge in [-0.2, -0.15) is 5.10 Å². The standard InChI is InChI=1S/C19H27N5O/c1-13(2)20-19(25)21-17-14(3)22-23-18(17)15-7-9-16(10-8-15)24-11-5-4-6-12-24/h7-10,13H,4-6,11-12H2,1-3H3,(H,22,23)(H2,20,21,25). The van der Waals surface area contributed by atoms with Crippen molar-refractivity contribution in [2.45, 2.75) is 46.1 Å². The number of carbonyl (C=O) groups is 1. The van der Waals surface area contributed by atoms with Gasteiger partial charge in [0, 0.05) is 30.4 Å². The summed E-state index contributed by atoms with van der Waals surface area (Å²) >= 11 is 0. The van der Waals surface area contributed by atoms with Gasteiger partial charge in [-0.25, -0.2) is 4.79 Å². The SMILES string of the molecule is Cc1[nH]nc(-c2ccc(N3CCCCC3)cc2)c1NC(=O)NC(C)C. The summed E-state index contributed by atoms with van der Waals surface area (Å²) < 4.78 is 0. The fourth-order valence-corrected chi connectivity index (χ4v) is 3.19. The number of carbonyl (C=O) groups excluding carboxylic acids is 1. The third-order valence-electron chi connectivity index (χ3n) is 4.47. The lowest BCUT2D eigenvalue weighted by Gasteiger charge is -2.28. The second kappa shape index (κ2) is 7.59. The molecule has 1 aliphatic rings. The third-order valence-corrected chi connectivity index (χ3v) is 4.47. The van der Waals surface area contributed by atoms with Crippen molar-refractivity contribution in [1.29, 1.82) is 0 Å². The van der Waals surface area contributed by atoms with Crippen LogP contribution in [0, 0.1) is 6.92 Å². The average Bonchev–Trinajstić information content (AvgIpc) is 2.96. The predicted molar refractivity (Wildman–Crippen MR) is 102 cm³/mol. The van der Waals surface area contributed by atoms with Gasteiger partial charge in [0.15, 0.2) is 0 Å². The summed E-state index contributed by atoms with van der Waals surface area (Å²) in [5.74, 6) is 0. The summed E-state index contributed by atoms with van der Waals surface area (Å²) in [5, 5.41) is 13.1. The molecule has 0 bridgehead atoms. The van der Waals surface area contributed by atoms with E-state index in [4.69, 9.17) is 0 Å². The van der Waals surface area contributed by atoms with Crippen LogP contribution >= 0.6 is 0 Å². The van der Waals surface area contributed by atoms with Crippen LogP contribution in [0.4, 0.5) is 16.2 Å². The first-order chi connectivity index (χ1) is 12.0. The first kappa shape index (κ1) is 17.3. The summed E-state index contributed by atoms with van der Waals surface area (Å²) in [6.45, 7) is 8.03. The second-order valence-corrected chi connectivity index (χ2v) is 6.92. The Morgan fingerprint density at radius 2 is 1.84 bits per heavy atom. The smallest absolute Gasteiger partial charge is 0.319 e. The number of H-pyrrole nitrogens is 1. The van der Waals surface area contributed by atoms with E-state index < -0.39 is 0 Å². The van der Waals surface area contributed by atoms with Crippen molar-refractivity contribution in [3.8, 4) is 11.3 Å². The topological polar surface area (TPSA) is 73.0 Å². The summed E-state index contributed by atoms with van der Waals surface area (Å²) in [7, 11) is 0. The van der Waals surface area contributed by atoms with Gasteiger partial charge in [0.05, 0.1) is 11.4 Å². The molecule has 0 radical (unpaired) electrons. The third kappa shape index (κ3) is 4.13. The molecule has 0 saturated carbocycles. The molecule has 2 aromatic rings. The Labute approximate surface area is 149 Å². The molecule has 1 fully saturated rings. The molecule has 1 saturated heterocycles. The molecule has 2 heterocycles. The summed E-state index contributed by atoms with van der Waals surface area (Å²) in [4.78, 5) is 14.5. The highest BCUT2D eigenvalue weighted by atomic mass is 16.2. The van der Waals surface area contributed by atoms with Crippen LogP contribution in [0.5, 0.6) is 0 Å². The van der Waals surface area contributed by atoms with Gasteiger partial charge in [-0.15, -0.1) is 0 Å². The fraction of sp³-hybridized carbons (Fsp3) is 0.474. The molecule has 134 valence electrons. The lowest BCUT2D eigenvalue weighted by atomic mass is 10.1. The number of urea groups is 1. The van der Waals surface area contributed by atoms with Crippen LogP contribution < -0.4 is 15.5 Å². The number of piperidine rings is 1. The minimum atomic E-state index is -0.217. The lowest BCUT2D eigenvalue weighted by molar-refractivity contribution is 0.250. The van der Waals surface area contributed by atoms with Crippen molar-refractivity contribution >= 4 is 17.4 Å². The largest absolute Gasteiger partial charge is 0.372 e. The minimum absolute atomic E-state index is 0.0829. The molecule has 1 aliphatic heterocycles. The molecular formula is C19H27N5O. The Balaban J connectivity index is 1.78. The highest BCUT2D eigenvalue weighted by Gasteiger charge is 2.16. The normalized spacial score (nSPS) is 14.6. The fourth-order valence-electron chi connectivity index (χ4n) is 3.19. The van der Waals surface area contributed by atoms with Gasteiger partial charge in [-0.1, -0.05) is 12.1 Å². The maximum atomic E-state index is 12.0. The molecule has 3 N–H and O–H groups in total. The predicted octanol–water partition coefficient (Wildman–Crippen LogP) is 3.91. The van der Waals surface area contributed by atoms with Gasteiger partial charge in [-0.05, 0) is 52.2 Å². The first-order valence-electron chi connectivity index (χ1n) is 9.02. The molecule has 0 aliphatic carbocycles. The molecule has 2 amide bonds. The van der Waals surface area contributed by atoms with Crippen molar-refractivity contribution in [2.24, 2.45) is 0 Å². The lowest BCUT2D eigenvalue weighted by Crippen LogP contribution is -2.34. The van der Waals surface area contributed by atoms with Crippen LogP contribution in [0.25, 0.3) is 11.3 Å². The number of rotatable bonds is 4. The van der Waals surface area contributed by atoms with Crippen molar-refractivity contribution in [3.05, 3.63) is 30.0 Å². The highest BCUT2D eigenvalue weighted by molar-refractivity contribution is 5.94. The van der Waals surface area contributed by atoms with Gasteiger partial charge in [0.2, 0.25) is 0 Å². The Morgan fingerprint density at radius 3 is 2.48 bits per heavy atom. The number of aromatic amines is 1. The minimum Gasteiger partial charge on any atom is -0.372 e.